The molecule has 0 aliphatic carbocycles. The van der Waals surface area contributed by atoms with Crippen molar-refractivity contribution >= 4 is 72.1 Å². The summed E-state index contributed by atoms with van der Waals surface area (Å²) < 4.78 is 9.13. The fourth-order valence-corrected chi connectivity index (χ4v) is 5.64. The molecule has 1 amide bonds. The van der Waals surface area contributed by atoms with E-state index in [2.05, 4.69) is 31.4 Å². The third-order valence-electron chi connectivity index (χ3n) is 5.22. The van der Waals surface area contributed by atoms with Crippen molar-refractivity contribution in [3.8, 4) is 5.75 Å². The Bertz CT molecular complexity index is 1480. The summed E-state index contributed by atoms with van der Waals surface area (Å²) in [7, 11) is 0. The molecule has 0 unspecified atom stereocenters. The van der Waals surface area contributed by atoms with Crippen LogP contribution in [0, 0.1) is 0 Å². The number of halogens is 1. The first-order valence-electron chi connectivity index (χ1n) is 10.8. The van der Waals surface area contributed by atoms with Gasteiger partial charge in [0.05, 0.1) is 22.2 Å². The summed E-state index contributed by atoms with van der Waals surface area (Å²) in [6, 6.07) is 28.0. The van der Waals surface area contributed by atoms with Crippen LogP contribution in [0.3, 0.4) is 0 Å². The maximum absolute atomic E-state index is 12.4. The molecular formula is C27H20BrN3O2S2. The zero-order chi connectivity index (χ0) is 24.0. The van der Waals surface area contributed by atoms with Crippen LogP contribution in [0.5, 0.6) is 5.75 Å². The van der Waals surface area contributed by atoms with Gasteiger partial charge in [0, 0.05) is 10.0 Å². The molecule has 0 aliphatic rings. The Morgan fingerprint density at radius 3 is 2.69 bits per heavy atom. The van der Waals surface area contributed by atoms with E-state index in [9.17, 15) is 4.79 Å². The molecular weight excluding hydrogens is 542 g/mol. The minimum atomic E-state index is -0.192. The van der Waals surface area contributed by atoms with E-state index in [1.165, 1.54) is 11.8 Å². The van der Waals surface area contributed by atoms with Crippen LogP contribution in [0.4, 0.5) is 0 Å². The number of para-hydroxylation sites is 1. The SMILES string of the molecule is O=C(CSc1nc2ccccc2s1)N/N=C/c1c(OCc2ccc(Br)cc2)ccc2ccccc12. The molecule has 1 N–H and O–H groups in total. The zero-order valence-electron chi connectivity index (χ0n) is 18.5. The largest absolute Gasteiger partial charge is 0.488 e. The minimum absolute atomic E-state index is 0.192. The second-order valence-electron chi connectivity index (χ2n) is 7.64. The highest BCUT2D eigenvalue weighted by atomic mass is 79.9. The van der Waals surface area contributed by atoms with Crippen LogP contribution in [-0.2, 0) is 11.4 Å². The summed E-state index contributed by atoms with van der Waals surface area (Å²) in [5, 5.41) is 6.31. The van der Waals surface area contributed by atoms with Gasteiger partial charge >= 0.3 is 0 Å². The average molecular weight is 563 g/mol. The number of fused-ring (bicyclic) bond motifs is 2. The van der Waals surface area contributed by atoms with Crippen LogP contribution in [0.15, 0.2) is 98.8 Å². The number of amides is 1. The molecule has 0 radical (unpaired) electrons. The summed E-state index contributed by atoms with van der Waals surface area (Å²) in [5.41, 5.74) is 5.46. The van der Waals surface area contributed by atoms with Gasteiger partial charge in [-0.3, -0.25) is 4.79 Å². The van der Waals surface area contributed by atoms with Crippen molar-refractivity contribution in [1.82, 2.24) is 10.4 Å². The highest BCUT2D eigenvalue weighted by Crippen LogP contribution is 2.29. The predicted octanol–water partition coefficient (Wildman–Crippen LogP) is 7.03. The number of rotatable bonds is 8. The Balaban J connectivity index is 1.27. The number of hydrogen-bond donors (Lipinski definition) is 1. The minimum Gasteiger partial charge on any atom is -0.488 e. The van der Waals surface area contributed by atoms with E-state index < -0.39 is 0 Å². The van der Waals surface area contributed by atoms with Crippen LogP contribution in [0.2, 0.25) is 0 Å². The van der Waals surface area contributed by atoms with Crippen LogP contribution >= 0.6 is 39.0 Å². The average Bonchev–Trinajstić information content (AvgIpc) is 3.31. The number of nitrogens with one attached hydrogen (secondary N) is 1. The van der Waals surface area contributed by atoms with Gasteiger partial charge in [0.2, 0.25) is 0 Å². The van der Waals surface area contributed by atoms with Gasteiger partial charge in [0.25, 0.3) is 5.91 Å². The number of hydrogen-bond acceptors (Lipinski definition) is 6. The highest BCUT2D eigenvalue weighted by Gasteiger charge is 2.10. The van der Waals surface area contributed by atoms with Gasteiger partial charge in [-0.2, -0.15) is 5.10 Å². The standard InChI is InChI=1S/C27H20BrN3O2S2/c28-20-12-9-18(10-13-20)16-33-24-14-11-19-5-1-2-6-21(19)22(24)15-29-31-26(32)17-34-27-30-23-7-3-4-8-25(23)35-27/h1-15H,16-17H2,(H,31,32)/b29-15+. The Morgan fingerprint density at radius 1 is 1.03 bits per heavy atom. The van der Waals surface area contributed by atoms with E-state index in [-0.39, 0.29) is 11.7 Å². The number of carbonyl (C=O) groups is 1. The molecule has 0 saturated carbocycles. The maximum atomic E-state index is 12.4. The fraction of sp³-hybridized carbons (Fsp3) is 0.0741. The molecule has 1 heterocycles. The molecule has 5 aromatic rings. The number of thiazole rings is 1. The first-order chi connectivity index (χ1) is 17.2. The van der Waals surface area contributed by atoms with Crippen molar-refractivity contribution in [2.75, 3.05) is 5.75 Å². The van der Waals surface area contributed by atoms with Crippen LogP contribution in [0.25, 0.3) is 21.0 Å². The number of benzene rings is 4. The Morgan fingerprint density at radius 2 is 1.83 bits per heavy atom. The van der Waals surface area contributed by atoms with Gasteiger partial charge in [-0.15, -0.1) is 11.3 Å². The van der Waals surface area contributed by atoms with Crippen LogP contribution in [0.1, 0.15) is 11.1 Å². The van der Waals surface area contributed by atoms with E-state index in [0.29, 0.717) is 12.4 Å². The van der Waals surface area contributed by atoms with Crippen molar-refractivity contribution < 1.29 is 9.53 Å². The molecule has 0 fully saturated rings. The number of nitrogens with zero attached hydrogens (tertiary/aromatic N) is 2. The van der Waals surface area contributed by atoms with E-state index in [0.717, 1.165) is 40.9 Å². The third-order valence-corrected chi connectivity index (χ3v) is 7.93. The summed E-state index contributed by atoms with van der Waals surface area (Å²) >= 11 is 6.44. The van der Waals surface area contributed by atoms with Crippen molar-refractivity contribution in [1.29, 1.82) is 0 Å². The quantitative estimate of drug-likeness (QED) is 0.125. The molecule has 5 nitrogen and oxygen atoms in total. The molecule has 5 rings (SSSR count). The highest BCUT2D eigenvalue weighted by molar-refractivity contribution is 9.10. The van der Waals surface area contributed by atoms with E-state index in [1.54, 1.807) is 17.6 Å². The van der Waals surface area contributed by atoms with E-state index >= 15 is 0 Å². The molecule has 0 atom stereocenters. The molecule has 174 valence electrons. The maximum Gasteiger partial charge on any atom is 0.250 e. The van der Waals surface area contributed by atoms with Gasteiger partial charge < -0.3 is 4.74 Å². The Hall–Kier alpha value is -3.20. The van der Waals surface area contributed by atoms with Crippen molar-refractivity contribution in [3.63, 3.8) is 0 Å². The zero-order valence-corrected chi connectivity index (χ0v) is 21.7. The smallest absolute Gasteiger partial charge is 0.250 e. The molecule has 0 saturated heterocycles. The molecule has 4 aromatic carbocycles. The lowest BCUT2D eigenvalue weighted by atomic mass is 10.0. The predicted molar refractivity (Wildman–Crippen MR) is 149 cm³/mol. The number of thioether (sulfide) groups is 1. The lowest BCUT2D eigenvalue weighted by Gasteiger charge is -2.12. The van der Waals surface area contributed by atoms with Gasteiger partial charge in [0.15, 0.2) is 4.34 Å². The first kappa shape index (κ1) is 23.5. The number of carbonyl (C=O) groups excluding carboxylic acids is 1. The Labute approximate surface area is 219 Å². The second kappa shape index (κ2) is 11.0. The van der Waals surface area contributed by atoms with Crippen molar-refractivity contribution in [3.05, 3.63) is 101 Å². The lowest BCUT2D eigenvalue weighted by Crippen LogP contribution is -2.19. The molecule has 35 heavy (non-hydrogen) atoms. The summed E-state index contributed by atoms with van der Waals surface area (Å²) in [6.07, 6.45) is 1.65. The van der Waals surface area contributed by atoms with Crippen molar-refractivity contribution in [2.45, 2.75) is 10.9 Å². The normalized spacial score (nSPS) is 11.3. The second-order valence-corrected chi connectivity index (χ2v) is 10.8. The van der Waals surface area contributed by atoms with Crippen LogP contribution in [-0.4, -0.2) is 22.9 Å². The molecule has 0 bridgehead atoms. The Kier molecular flexibility index (Phi) is 7.42. The number of ether oxygens (including phenoxy) is 1. The molecule has 8 heteroatoms. The number of hydrazone groups is 1. The summed E-state index contributed by atoms with van der Waals surface area (Å²) in [5.74, 6) is 0.746. The van der Waals surface area contributed by atoms with Crippen molar-refractivity contribution in [2.24, 2.45) is 5.10 Å². The van der Waals surface area contributed by atoms with Gasteiger partial charge in [-0.05, 0) is 46.7 Å². The third kappa shape index (κ3) is 5.90. The van der Waals surface area contributed by atoms with Gasteiger partial charge in [0.1, 0.15) is 12.4 Å². The lowest BCUT2D eigenvalue weighted by molar-refractivity contribution is -0.118. The van der Waals surface area contributed by atoms with Crippen LogP contribution < -0.4 is 10.2 Å². The molecule has 1 aromatic heterocycles. The van der Waals surface area contributed by atoms with E-state index in [4.69, 9.17) is 4.74 Å². The monoisotopic (exact) mass is 561 g/mol. The topological polar surface area (TPSA) is 63.6 Å². The van der Waals surface area contributed by atoms with Gasteiger partial charge in [-0.25, -0.2) is 10.4 Å². The number of aromatic nitrogens is 1. The summed E-state index contributed by atoms with van der Waals surface area (Å²) in [4.78, 5) is 17.0. The molecule has 0 aliphatic heterocycles. The van der Waals surface area contributed by atoms with Gasteiger partial charge in [-0.1, -0.05) is 82.3 Å². The first-order valence-corrected chi connectivity index (χ1v) is 13.4. The summed E-state index contributed by atoms with van der Waals surface area (Å²) in [6.45, 7) is 0.428. The molecule has 0 spiro atoms. The van der Waals surface area contributed by atoms with E-state index in [1.807, 2.05) is 84.9 Å². The fourth-order valence-electron chi connectivity index (χ4n) is 3.52.